The number of nitrogens with zero attached hydrogens (tertiary/aromatic N) is 1. The van der Waals surface area contributed by atoms with Gasteiger partial charge in [-0.05, 0) is 18.9 Å². The number of rotatable bonds is 5. The largest absolute Gasteiger partial charge is 0.336 e. The number of benzene rings is 1. The lowest BCUT2D eigenvalue weighted by Crippen LogP contribution is -2.35. The summed E-state index contributed by atoms with van der Waals surface area (Å²) in [6, 6.07) is 8.08. The molecule has 0 bridgehead atoms. The molecule has 0 saturated heterocycles. The van der Waals surface area contributed by atoms with Gasteiger partial charge in [0.05, 0.1) is 0 Å². The molecular formula is C13H17Cl2NO. The van der Waals surface area contributed by atoms with Gasteiger partial charge < -0.3 is 4.90 Å². The van der Waals surface area contributed by atoms with Crippen LogP contribution in [0.4, 0.5) is 0 Å². The number of amides is 1. The summed E-state index contributed by atoms with van der Waals surface area (Å²) in [5.41, 5.74) is 2.28. The lowest BCUT2D eigenvalue weighted by Gasteiger charge is -2.22. The van der Waals surface area contributed by atoms with Crippen molar-refractivity contribution < 1.29 is 4.79 Å². The predicted octanol–water partition coefficient (Wildman–Crippen LogP) is 3.54. The molecule has 0 aromatic heterocycles. The second-order valence-corrected chi connectivity index (χ2v) is 5.15. The number of carbonyl (C=O) groups excluding carboxylic acids is 1. The molecule has 0 aliphatic rings. The van der Waals surface area contributed by atoms with Crippen LogP contribution >= 0.6 is 23.2 Å². The van der Waals surface area contributed by atoms with Gasteiger partial charge in [0.1, 0.15) is 0 Å². The molecule has 0 atom stereocenters. The Kier molecular flexibility index (Phi) is 5.79. The highest BCUT2D eigenvalue weighted by molar-refractivity contribution is 6.53. The smallest absolute Gasteiger partial charge is 0.256 e. The summed E-state index contributed by atoms with van der Waals surface area (Å²) in [4.78, 5) is 12.5. The average Bonchev–Trinajstić information content (AvgIpc) is 2.27. The maximum Gasteiger partial charge on any atom is 0.256 e. The van der Waals surface area contributed by atoms with Gasteiger partial charge in [0.2, 0.25) is 0 Å². The molecule has 0 N–H and O–H groups in total. The van der Waals surface area contributed by atoms with Crippen molar-refractivity contribution >= 4 is 29.1 Å². The molecular weight excluding hydrogens is 257 g/mol. The summed E-state index contributed by atoms with van der Waals surface area (Å²) >= 11 is 11.3. The molecule has 2 nitrogen and oxygen atoms in total. The fourth-order valence-electron chi connectivity index (χ4n) is 1.71. The predicted molar refractivity (Wildman–Crippen MR) is 72.4 cm³/mol. The van der Waals surface area contributed by atoms with Gasteiger partial charge in [0.15, 0.2) is 4.84 Å². The molecule has 1 aromatic carbocycles. The second kappa shape index (κ2) is 6.87. The van der Waals surface area contributed by atoms with Gasteiger partial charge in [-0.25, -0.2) is 0 Å². The number of carbonyl (C=O) groups is 1. The Morgan fingerprint density at radius 3 is 2.65 bits per heavy atom. The lowest BCUT2D eigenvalue weighted by molar-refractivity contribution is -0.130. The molecule has 0 saturated carbocycles. The Hall–Kier alpha value is -0.730. The van der Waals surface area contributed by atoms with E-state index >= 15 is 0 Å². The zero-order valence-electron chi connectivity index (χ0n) is 10.1. The van der Waals surface area contributed by atoms with Crippen molar-refractivity contribution in [2.45, 2.75) is 31.6 Å². The molecule has 0 radical (unpaired) electrons. The number of halogens is 2. The fourth-order valence-corrected chi connectivity index (χ4v) is 1.98. The first-order valence-corrected chi connectivity index (χ1v) is 6.54. The van der Waals surface area contributed by atoms with E-state index in [2.05, 4.69) is 6.07 Å². The van der Waals surface area contributed by atoms with Gasteiger partial charge in [0, 0.05) is 13.1 Å². The van der Waals surface area contributed by atoms with Crippen molar-refractivity contribution in [1.82, 2.24) is 4.90 Å². The summed E-state index contributed by atoms with van der Waals surface area (Å²) < 4.78 is 0. The van der Waals surface area contributed by atoms with E-state index in [1.807, 2.05) is 32.0 Å². The van der Waals surface area contributed by atoms with Crippen LogP contribution in [0, 0.1) is 6.92 Å². The van der Waals surface area contributed by atoms with Crippen LogP contribution in [0.3, 0.4) is 0 Å². The molecule has 0 aliphatic carbocycles. The van der Waals surface area contributed by atoms with Crippen LogP contribution in [-0.2, 0) is 11.3 Å². The highest BCUT2D eigenvalue weighted by atomic mass is 35.5. The van der Waals surface area contributed by atoms with Gasteiger partial charge in [-0.2, -0.15) is 0 Å². The van der Waals surface area contributed by atoms with Crippen molar-refractivity contribution in [3.8, 4) is 0 Å². The zero-order valence-corrected chi connectivity index (χ0v) is 11.6. The number of hydrogen-bond acceptors (Lipinski definition) is 1. The van der Waals surface area contributed by atoms with Crippen LogP contribution in [0.15, 0.2) is 24.3 Å². The van der Waals surface area contributed by atoms with Crippen molar-refractivity contribution in [3.63, 3.8) is 0 Å². The fraction of sp³-hybridized carbons (Fsp3) is 0.462. The summed E-state index contributed by atoms with van der Waals surface area (Å²) in [7, 11) is 0. The number of aryl methyl sites for hydroxylation is 1. The molecule has 1 aromatic rings. The zero-order chi connectivity index (χ0) is 12.8. The summed E-state index contributed by atoms with van der Waals surface area (Å²) in [6.07, 6.45) is 0.887. The normalized spacial score (nSPS) is 10.6. The minimum atomic E-state index is -0.980. The van der Waals surface area contributed by atoms with E-state index in [1.165, 1.54) is 5.56 Å². The summed E-state index contributed by atoms with van der Waals surface area (Å²) in [5, 5.41) is 0. The molecule has 4 heteroatoms. The maximum atomic E-state index is 11.8. The first kappa shape index (κ1) is 14.3. The highest BCUT2D eigenvalue weighted by Gasteiger charge is 2.19. The van der Waals surface area contributed by atoms with E-state index in [0.717, 1.165) is 12.0 Å². The van der Waals surface area contributed by atoms with E-state index in [9.17, 15) is 4.79 Å². The quantitative estimate of drug-likeness (QED) is 0.752. The molecule has 1 rings (SSSR count). The Morgan fingerprint density at radius 1 is 1.41 bits per heavy atom. The van der Waals surface area contributed by atoms with Crippen LogP contribution in [0.25, 0.3) is 0 Å². The molecule has 1 amide bonds. The number of alkyl halides is 2. The van der Waals surface area contributed by atoms with Crippen LogP contribution in [0.2, 0.25) is 0 Å². The van der Waals surface area contributed by atoms with E-state index in [1.54, 1.807) is 4.90 Å². The molecule has 0 fully saturated rings. The van der Waals surface area contributed by atoms with Gasteiger partial charge in [-0.3, -0.25) is 4.79 Å². The van der Waals surface area contributed by atoms with Crippen molar-refractivity contribution in [3.05, 3.63) is 35.4 Å². The third kappa shape index (κ3) is 4.57. The number of hydrogen-bond donors (Lipinski definition) is 0. The van der Waals surface area contributed by atoms with Crippen LogP contribution < -0.4 is 0 Å². The SMILES string of the molecule is CCCN(Cc1cccc(C)c1)C(=O)C(Cl)Cl. The topological polar surface area (TPSA) is 20.3 Å². The Labute approximate surface area is 113 Å². The minimum Gasteiger partial charge on any atom is -0.336 e. The van der Waals surface area contributed by atoms with E-state index in [0.29, 0.717) is 13.1 Å². The van der Waals surface area contributed by atoms with Crippen molar-refractivity contribution in [1.29, 1.82) is 0 Å². The van der Waals surface area contributed by atoms with Crippen LogP contribution in [0.1, 0.15) is 24.5 Å². The second-order valence-electron chi connectivity index (χ2n) is 4.05. The monoisotopic (exact) mass is 273 g/mol. The standard InChI is InChI=1S/C13H17Cl2NO/c1-3-7-16(13(17)12(14)15)9-11-6-4-5-10(2)8-11/h4-6,8,12H,3,7,9H2,1-2H3. The van der Waals surface area contributed by atoms with Gasteiger partial charge in [-0.15, -0.1) is 0 Å². The van der Waals surface area contributed by atoms with E-state index < -0.39 is 4.84 Å². The Morgan fingerprint density at radius 2 is 2.12 bits per heavy atom. The summed E-state index contributed by atoms with van der Waals surface area (Å²) in [5.74, 6) is -0.225. The molecule has 94 valence electrons. The molecule has 0 unspecified atom stereocenters. The van der Waals surface area contributed by atoms with Gasteiger partial charge >= 0.3 is 0 Å². The minimum absolute atomic E-state index is 0.225. The van der Waals surface area contributed by atoms with Crippen LogP contribution in [0.5, 0.6) is 0 Å². The lowest BCUT2D eigenvalue weighted by atomic mass is 10.1. The van der Waals surface area contributed by atoms with Gasteiger partial charge in [0.25, 0.3) is 5.91 Å². The Bertz CT molecular complexity index is 379. The average molecular weight is 274 g/mol. The first-order chi connectivity index (χ1) is 8.04. The maximum absolute atomic E-state index is 11.8. The summed E-state index contributed by atoms with van der Waals surface area (Å²) in [6.45, 7) is 5.28. The third-order valence-electron chi connectivity index (χ3n) is 2.45. The van der Waals surface area contributed by atoms with Crippen molar-refractivity contribution in [2.75, 3.05) is 6.54 Å². The van der Waals surface area contributed by atoms with E-state index in [-0.39, 0.29) is 5.91 Å². The third-order valence-corrected chi connectivity index (χ3v) is 2.82. The Balaban J connectivity index is 2.76. The highest BCUT2D eigenvalue weighted by Crippen LogP contribution is 2.13. The first-order valence-electron chi connectivity index (χ1n) is 5.67. The molecule has 0 heterocycles. The van der Waals surface area contributed by atoms with Crippen molar-refractivity contribution in [2.24, 2.45) is 0 Å². The van der Waals surface area contributed by atoms with Crippen LogP contribution in [-0.4, -0.2) is 22.2 Å². The molecule has 17 heavy (non-hydrogen) atoms. The van der Waals surface area contributed by atoms with E-state index in [4.69, 9.17) is 23.2 Å². The molecule has 0 spiro atoms. The molecule has 0 aliphatic heterocycles. The van der Waals surface area contributed by atoms with Gasteiger partial charge in [-0.1, -0.05) is 60.0 Å².